The molecule has 0 saturated heterocycles. The van der Waals surface area contributed by atoms with Gasteiger partial charge in [0.2, 0.25) is 0 Å². The molecule has 0 aliphatic heterocycles. The van der Waals surface area contributed by atoms with Crippen LogP contribution < -0.4 is 4.74 Å². The first-order chi connectivity index (χ1) is 5.88. The minimum atomic E-state index is 0.0673. The molecule has 0 amide bonds. The van der Waals surface area contributed by atoms with E-state index in [1.54, 1.807) is 0 Å². The molecule has 1 aromatic carbocycles. The van der Waals surface area contributed by atoms with Crippen LogP contribution in [0.15, 0.2) is 24.3 Å². The van der Waals surface area contributed by atoms with E-state index in [9.17, 15) is 0 Å². The molecule has 0 bridgehead atoms. The number of hydrogen-bond acceptors (Lipinski definition) is 1. The van der Waals surface area contributed by atoms with Gasteiger partial charge in [-0.05, 0) is 18.6 Å². The highest BCUT2D eigenvalue weighted by Crippen LogP contribution is 2.18. The number of halogens is 1. The molecule has 0 radical (unpaired) electrons. The largest absolute Gasteiger partial charge is 0.494 e. The van der Waals surface area contributed by atoms with Gasteiger partial charge in [0.25, 0.3) is 0 Å². The van der Waals surface area contributed by atoms with Crippen LogP contribution in [0.4, 0.5) is 0 Å². The van der Waals surface area contributed by atoms with Crippen LogP contribution in [-0.4, -0.2) is 23.1 Å². The second kappa shape index (κ2) is 6.04. The van der Waals surface area contributed by atoms with Crippen molar-refractivity contribution in [1.29, 1.82) is 0 Å². The van der Waals surface area contributed by atoms with E-state index in [4.69, 9.17) is 4.74 Å². The Morgan fingerprint density at radius 1 is 1.42 bits per heavy atom. The average molecular weight is 286 g/mol. The number of ether oxygens (including phenoxy) is 1. The van der Waals surface area contributed by atoms with Crippen molar-refractivity contribution in [3.8, 4) is 5.75 Å². The number of rotatable bonds is 4. The SMILES string of the molecule is CCOc1ccccc1[CH2][Mg][I]. The third kappa shape index (κ3) is 3.10. The smallest absolute Gasteiger partial charge is 0.468 e. The summed E-state index contributed by atoms with van der Waals surface area (Å²) in [5, 5.41) is 0. The van der Waals surface area contributed by atoms with E-state index in [0.29, 0.717) is 0 Å². The molecule has 1 aromatic rings. The molecule has 0 aliphatic rings. The molecular formula is C9H11IMgO. The van der Waals surface area contributed by atoms with Crippen LogP contribution in [-0.2, 0) is 4.55 Å². The Morgan fingerprint density at radius 2 is 2.17 bits per heavy atom. The lowest BCUT2D eigenvalue weighted by atomic mass is 10.2. The molecule has 1 nitrogen and oxygen atoms in total. The van der Waals surface area contributed by atoms with Crippen molar-refractivity contribution in [2.24, 2.45) is 0 Å². The fourth-order valence-corrected chi connectivity index (χ4v) is 3.47. The summed E-state index contributed by atoms with van der Waals surface area (Å²) in [6.45, 7) is 2.79. The quantitative estimate of drug-likeness (QED) is 0.611. The second-order valence-corrected chi connectivity index (χ2v) is 6.59. The van der Waals surface area contributed by atoms with Crippen LogP contribution in [0.5, 0.6) is 5.75 Å². The highest BCUT2D eigenvalue weighted by atomic mass is 127. The summed E-state index contributed by atoms with van der Waals surface area (Å²) >= 11 is 2.59. The summed E-state index contributed by atoms with van der Waals surface area (Å²) in [6.07, 6.45) is 0. The minimum Gasteiger partial charge on any atom is -0.494 e. The predicted molar refractivity (Wildman–Crippen MR) is 61.1 cm³/mol. The fraction of sp³-hybridized carbons (Fsp3) is 0.333. The van der Waals surface area contributed by atoms with E-state index in [1.165, 1.54) is 10.1 Å². The van der Waals surface area contributed by atoms with Gasteiger partial charge in [-0.3, -0.25) is 0 Å². The zero-order valence-corrected chi connectivity index (χ0v) is 10.8. The Labute approximate surface area is 93.0 Å². The van der Waals surface area contributed by atoms with Gasteiger partial charge in [-0.2, -0.15) is 0 Å². The van der Waals surface area contributed by atoms with Crippen LogP contribution in [0.2, 0.25) is 0 Å². The molecule has 3 heteroatoms. The number of benzene rings is 1. The Hall–Kier alpha value is 0.516. The molecule has 1 rings (SSSR count). The van der Waals surface area contributed by atoms with Crippen molar-refractivity contribution >= 4 is 35.3 Å². The van der Waals surface area contributed by atoms with Gasteiger partial charge in [-0.25, -0.2) is 0 Å². The lowest BCUT2D eigenvalue weighted by molar-refractivity contribution is 0.337. The van der Waals surface area contributed by atoms with Gasteiger partial charge in [-0.15, -0.1) is 4.55 Å². The zero-order chi connectivity index (χ0) is 8.81. The van der Waals surface area contributed by atoms with Crippen LogP contribution >= 0.6 is 18.9 Å². The highest BCUT2D eigenvalue weighted by molar-refractivity contribution is 14.1. The first-order valence-electron chi connectivity index (χ1n) is 4.15. The van der Waals surface area contributed by atoms with Crippen LogP contribution in [0, 0.1) is 0 Å². The molecule has 0 saturated carbocycles. The highest BCUT2D eigenvalue weighted by Gasteiger charge is 2.01. The van der Waals surface area contributed by atoms with Gasteiger partial charge in [0, 0.05) is 0 Å². The standard InChI is InChI=1S/C9H11O.HI.Mg/c1-3-10-9-7-5-4-6-8(9)2;;/h4-7H,2-3H2,1H3;1H;/q;;+1/p-1. The third-order valence-corrected chi connectivity index (χ3v) is 3.98. The molecular weight excluding hydrogens is 275 g/mol. The molecule has 0 aliphatic carbocycles. The van der Waals surface area contributed by atoms with Crippen molar-refractivity contribution in [2.45, 2.75) is 11.5 Å². The Morgan fingerprint density at radius 3 is 2.83 bits per heavy atom. The Bertz CT molecular complexity index is 215. The second-order valence-electron chi connectivity index (χ2n) is 2.48. The van der Waals surface area contributed by atoms with Gasteiger partial charge in [-0.1, -0.05) is 18.2 Å². The maximum atomic E-state index is 5.51. The van der Waals surface area contributed by atoms with Crippen molar-refractivity contribution < 1.29 is 4.74 Å². The zero-order valence-electron chi connectivity index (χ0n) is 7.22. The normalized spacial score (nSPS) is 9.17. The topological polar surface area (TPSA) is 9.23 Å². The van der Waals surface area contributed by atoms with E-state index in [0.717, 1.165) is 12.4 Å². The molecule has 62 valence electrons. The van der Waals surface area contributed by atoms with Crippen molar-refractivity contribution in [1.82, 2.24) is 0 Å². The maximum Gasteiger partial charge on any atom is 0.468 e. The van der Waals surface area contributed by atoms with Gasteiger partial charge in [0.05, 0.1) is 6.61 Å². The summed E-state index contributed by atoms with van der Waals surface area (Å²) in [4.78, 5) is 0. The molecule has 0 heterocycles. The van der Waals surface area contributed by atoms with Crippen LogP contribution in [0.1, 0.15) is 12.5 Å². The van der Waals surface area contributed by atoms with E-state index >= 15 is 0 Å². The van der Waals surface area contributed by atoms with Crippen LogP contribution in [0.3, 0.4) is 0 Å². The molecule has 0 aromatic heterocycles. The maximum absolute atomic E-state index is 5.51. The van der Waals surface area contributed by atoms with Crippen LogP contribution in [0.25, 0.3) is 0 Å². The summed E-state index contributed by atoms with van der Waals surface area (Å²) in [5.41, 5.74) is 1.38. The summed E-state index contributed by atoms with van der Waals surface area (Å²) in [5.74, 6) is 1.07. The molecule has 0 unspecified atom stereocenters. The van der Waals surface area contributed by atoms with E-state index in [1.807, 2.05) is 13.0 Å². The molecule has 0 spiro atoms. The van der Waals surface area contributed by atoms with E-state index in [-0.39, 0.29) is 16.5 Å². The molecule has 0 fully saturated rings. The first-order valence-corrected chi connectivity index (χ1v) is 10.3. The van der Waals surface area contributed by atoms with Gasteiger partial charge in [0.1, 0.15) is 5.75 Å². The average Bonchev–Trinajstić information content (AvgIpc) is 2.09. The Balaban J connectivity index is 2.77. The lowest BCUT2D eigenvalue weighted by Crippen LogP contribution is -1.97. The molecule has 0 atom stereocenters. The summed E-state index contributed by atoms with van der Waals surface area (Å²) in [6, 6.07) is 8.33. The first kappa shape index (κ1) is 10.6. The van der Waals surface area contributed by atoms with E-state index < -0.39 is 0 Å². The van der Waals surface area contributed by atoms with Crippen molar-refractivity contribution in [2.75, 3.05) is 6.61 Å². The molecule has 0 N–H and O–H groups in total. The van der Waals surface area contributed by atoms with Crippen molar-refractivity contribution in [3.05, 3.63) is 29.8 Å². The number of para-hydroxylation sites is 1. The summed E-state index contributed by atoms with van der Waals surface area (Å²) in [7, 11) is 0. The third-order valence-electron chi connectivity index (χ3n) is 1.64. The van der Waals surface area contributed by atoms with Crippen molar-refractivity contribution in [3.63, 3.8) is 0 Å². The Kier molecular flexibility index (Phi) is 5.34. The minimum absolute atomic E-state index is 0.0673. The monoisotopic (exact) mass is 286 g/mol. The van der Waals surface area contributed by atoms with Gasteiger partial charge in [0.15, 0.2) is 0 Å². The fourth-order valence-electron chi connectivity index (χ4n) is 1.11. The van der Waals surface area contributed by atoms with Gasteiger partial charge >= 0.3 is 16.5 Å². The predicted octanol–water partition coefficient (Wildman–Crippen LogP) is 2.64. The summed E-state index contributed by atoms with van der Waals surface area (Å²) < 4.78 is 6.74. The van der Waals surface area contributed by atoms with Gasteiger partial charge < -0.3 is 23.6 Å². The molecule has 12 heavy (non-hydrogen) atoms. The number of hydrogen-bond donors (Lipinski definition) is 0. The lowest BCUT2D eigenvalue weighted by Gasteiger charge is -2.07. The van der Waals surface area contributed by atoms with E-state index in [2.05, 4.69) is 37.1 Å².